The molecule has 20 heavy (non-hydrogen) atoms. The van der Waals surface area contributed by atoms with Gasteiger partial charge in [0.2, 0.25) is 0 Å². The maximum atomic E-state index is 4.79. The van der Waals surface area contributed by atoms with Gasteiger partial charge in [-0.15, -0.1) is 15.3 Å². The summed E-state index contributed by atoms with van der Waals surface area (Å²) in [4.78, 5) is 4.71. The van der Waals surface area contributed by atoms with E-state index in [-0.39, 0.29) is 0 Å². The molecule has 1 aliphatic carbocycles. The highest BCUT2D eigenvalue weighted by atomic mass is 15.4. The number of piperazine rings is 1. The van der Waals surface area contributed by atoms with Crippen molar-refractivity contribution in [1.29, 1.82) is 0 Å². The van der Waals surface area contributed by atoms with Gasteiger partial charge in [0.1, 0.15) is 5.82 Å². The molecule has 1 saturated heterocycles. The van der Waals surface area contributed by atoms with Gasteiger partial charge in [-0.05, 0) is 32.0 Å². The van der Waals surface area contributed by atoms with Crippen LogP contribution in [0.2, 0.25) is 0 Å². The van der Waals surface area contributed by atoms with E-state index in [9.17, 15) is 0 Å². The molecule has 0 radical (unpaired) electrons. The van der Waals surface area contributed by atoms with E-state index in [1.165, 1.54) is 19.3 Å². The first-order chi connectivity index (χ1) is 9.81. The lowest BCUT2D eigenvalue weighted by atomic mass is 9.85. The van der Waals surface area contributed by atoms with E-state index in [2.05, 4.69) is 33.1 Å². The van der Waals surface area contributed by atoms with Crippen molar-refractivity contribution in [3.05, 3.63) is 18.0 Å². The highest BCUT2D eigenvalue weighted by molar-refractivity contribution is 5.46. The number of nitrogens with zero attached hydrogens (tertiary/aromatic N) is 6. The van der Waals surface area contributed by atoms with Crippen LogP contribution in [0.1, 0.15) is 31.0 Å². The summed E-state index contributed by atoms with van der Waals surface area (Å²) in [6.45, 7) is 4.26. The number of hydrogen-bond donors (Lipinski definition) is 0. The molecule has 0 aromatic carbocycles. The summed E-state index contributed by atoms with van der Waals surface area (Å²) in [5.41, 5.74) is 0.866. The number of likely N-dealkylation sites (N-methyl/N-ethyl adjacent to an activating group) is 1. The molecule has 3 heterocycles. The second kappa shape index (κ2) is 4.70. The van der Waals surface area contributed by atoms with Crippen molar-refractivity contribution in [3.63, 3.8) is 0 Å². The van der Waals surface area contributed by atoms with Gasteiger partial charge in [-0.1, -0.05) is 6.42 Å². The Hall–Kier alpha value is -1.69. The van der Waals surface area contributed by atoms with Gasteiger partial charge < -0.3 is 9.80 Å². The molecule has 6 heteroatoms. The third-order valence-electron chi connectivity index (χ3n) is 4.57. The van der Waals surface area contributed by atoms with Gasteiger partial charge in [-0.3, -0.25) is 0 Å². The molecule has 0 spiro atoms. The van der Waals surface area contributed by atoms with Gasteiger partial charge in [0, 0.05) is 32.1 Å². The Morgan fingerprint density at radius 1 is 1.05 bits per heavy atom. The van der Waals surface area contributed by atoms with E-state index >= 15 is 0 Å². The first-order valence-electron chi connectivity index (χ1n) is 7.47. The van der Waals surface area contributed by atoms with E-state index in [1.807, 2.05) is 10.6 Å². The molecule has 0 unspecified atom stereocenters. The molecule has 2 aliphatic rings. The van der Waals surface area contributed by atoms with Crippen molar-refractivity contribution < 1.29 is 0 Å². The maximum Gasteiger partial charge on any atom is 0.178 e. The molecule has 106 valence electrons. The monoisotopic (exact) mass is 272 g/mol. The predicted molar refractivity (Wildman–Crippen MR) is 77.1 cm³/mol. The highest BCUT2D eigenvalue weighted by Crippen LogP contribution is 2.35. The van der Waals surface area contributed by atoms with Crippen molar-refractivity contribution in [3.8, 4) is 0 Å². The molecule has 0 bridgehead atoms. The Kier molecular flexibility index (Phi) is 2.84. The molecule has 2 aromatic heterocycles. The number of fused-ring (bicyclic) bond motifs is 1. The van der Waals surface area contributed by atoms with Crippen LogP contribution in [0.15, 0.2) is 12.1 Å². The van der Waals surface area contributed by atoms with Crippen LogP contribution in [0.25, 0.3) is 5.65 Å². The lowest BCUT2D eigenvalue weighted by molar-refractivity contribution is 0.311. The highest BCUT2D eigenvalue weighted by Gasteiger charge is 2.25. The number of aromatic nitrogens is 4. The van der Waals surface area contributed by atoms with Gasteiger partial charge in [0.05, 0.1) is 0 Å². The second-order valence-corrected chi connectivity index (χ2v) is 5.94. The van der Waals surface area contributed by atoms with Crippen molar-refractivity contribution in [2.45, 2.75) is 25.2 Å². The van der Waals surface area contributed by atoms with E-state index in [0.29, 0.717) is 5.92 Å². The number of hydrogen-bond acceptors (Lipinski definition) is 5. The fraction of sp³-hybridized carbons (Fsp3) is 0.643. The average Bonchev–Trinajstić information content (AvgIpc) is 2.81. The molecule has 6 nitrogen and oxygen atoms in total. The van der Waals surface area contributed by atoms with Crippen molar-refractivity contribution in [2.24, 2.45) is 0 Å². The molecular formula is C14H20N6. The lowest BCUT2D eigenvalue weighted by Gasteiger charge is -2.33. The molecule has 2 aromatic rings. The smallest absolute Gasteiger partial charge is 0.178 e. The largest absolute Gasteiger partial charge is 0.353 e. The molecular weight excluding hydrogens is 252 g/mol. The molecule has 4 rings (SSSR count). The van der Waals surface area contributed by atoms with Crippen molar-refractivity contribution in [1.82, 2.24) is 24.7 Å². The minimum absolute atomic E-state index is 0.556. The summed E-state index contributed by atoms with van der Waals surface area (Å²) < 4.78 is 1.96. The lowest BCUT2D eigenvalue weighted by Crippen LogP contribution is -2.45. The molecule has 1 aliphatic heterocycles. The second-order valence-electron chi connectivity index (χ2n) is 5.94. The normalized spacial score (nSPS) is 21.4. The fourth-order valence-corrected chi connectivity index (χ4v) is 2.92. The molecule has 0 N–H and O–H groups in total. The summed E-state index contributed by atoms with van der Waals surface area (Å²) in [6, 6.07) is 4.11. The van der Waals surface area contributed by atoms with Gasteiger partial charge >= 0.3 is 0 Å². The molecule has 2 fully saturated rings. The minimum atomic E-state index is 0.556. The van der Waals surface area contributed by atoms with Crippen molar-refractivity contribution >= 4 is 11.5 Å². The summed E-state index contributed by atoms with van der Waals surface area (Å²) >= 11 is 0. The van der Waals surface area contributed by atoms with Gasteiger partial charge in [-0.2, -0.15) is 4.52 Å². The van der Waals surface area contributed by atoms with Crippen molar-refractivity contribution in [2.75, 3.05) is 38.1 Å². The Morgan fingerprint density at radius 3 is 2.55 bits per heavy atom. The van der Waals surface area contributed by atoms with Crippen LogP contribution in [-0.4, -0.2) is 57.9 Å². The zero-order valence-electron chi connectivity index (χ0n) is 11.9. The van der Waals surface area contributed by atoms with E-state index in [1.54, 1.807) is 0 Å². The van der Waals surface area contributed by atoms with E-state index in [0.717, 1.165) is 43.5 Å². The average molecular weight is 272 g/mol. The zero-order chi connectivity index (χ0) is 13.5. The van der Waals surface area contributed by atoms with Crippen LogP contribution in [0.5, 0.6) is 0 Å². The first kappa shape index (κ1) is 12.1. The predicted octanol–water partition coefficient (Wildman–Crippen LogP) is 1.14. The Balaban J connectivity index is 1.66. The maximum absolute atomic E-state index is 4.79. The summed E-state index contributed by atoms with van der Waals surface area (Å²) in [7, 11) is 2.17. The van der Waals surface area contributed by atoms with Crippen LogP contribution in [-0.2, 0) is 0 Å². The van der Waals surface area contributed by atoms with Crippen LogP contribution in [0.4, 0.5) is 5.82 Å². The zero-order valence-corrected chi connectivity index (χ0v) is 11.9. The fourth-order valence-electron chi connectivity index (χ4n) is 2.92. The third kappa shape index (κ3) is 1.95. The third-order valence-corrected chi connectivity index (χ3v) is 4.57. The van der Waals surface area contributed by atoms with Gasteiger partial charge in [0.15, 0.2) is 11.5 Å². The van der Waals surface area contributed by atoms with Crippen LogP contribution in [0, 0.1) is 0 Å². The Labute approximate surface area is 118 Å². The summed E-state index contributed by atoms with van der Waals surface area (Å²) in [5, 5.41) is 13.4. The number of anilines is 1. The molecule has 0 amide bonds. The van der Waals surface area contributed by atoms with Gasteiger partial charge in [-0.25, -0.2) is 0 Å². The van der Waals surface area contributed by atoms with E-state index < -0.39 is 0 Å². The van der Waals surface area contributed by atoms with Crippen LogP contribution < -0.4 is 4.90 Å². The summed E-state index contributed by atoms with van der Waals surface area (Å²) in [5.74, 6) is 2.65. The Bertz CT molecular complexity index is 609. The SMILES string of the molecule is CN1CCN(c2ccc3nnc(C4CCC4)n3n2)CC1. The molecule has 1 saturated carbocycles. The summed E-state index contributed by atoms with van der Waals surface area (Å²) in [6.07, 6.45) is 3.75. The van der Waals surface area contributed by atoms with E-state index in [4.69, 9.17) is 5.10 Å². The van der Waals surface area contributed by atoms with Crippen LogP contribution >= 0.6 is 0 Å². The molecule has 0 atom stereocenters. The first-order valence-corrected chi connectivity index (χ1v) is 7.47. The topological polar surface area (TPSA) is 49.6 Å². The quantitative estimate of drug-likeness (QED) is 0.820. The minimum Gasteiger partial charge on any atom is -0.353 e. The van der Waals surface area contributed by atoms with Crippen LogP contribution in [0.3, 0.4) is 0 Å². The Morgan fingerprint density at radius 2 is 1.85 bits per heavy atom. The standard InChI is InChI=1S/C14H20N6/c1-18-7-9-19(10-8-18)13-6-5-12-15-16-14(20(12)17-13)11-3-2-4-11/h5-6,11H,2-4,7-10H2,1H3. The number of rotatable bonds is 2. The van der Waals surface area contributed by atoms with Gasteiger partial charge in [0.25, 0.3) is 0 Å².